The lowest BCUT2D eigenvalue weighted by atomic mass is 10.1. The molecule has 20 heavy (non-hydrogen) atoms. The molecule has 5 heteroatoms. The Morgan fingerprint density at radius 3 is 2.45 bits per heavy atom. The third kappa shape index (κ3) is 5.19. The Kier molecular flexibility index (Phi) is 7.20. The van der Waals surface area contributed by atoms with Gasteiger partial charge in [0, 0.05) is 10.5 Å². The molecule has 0 aliphatic heterocycles. The third-order valence-corrected chi connectivity index (χ3v) is 5.71. The normalized spacial score (nSPS) is 13.4. The maximum atomic E-state index is 12.4. The SMILES string of the molecule is CCCCC(CCC)NS(=O)(=O)c1ccc(Br)c(C)c1. The van der Waals surface area contributed by atoms with Crippen LogP contribution in [0.1, 0.15) is 51.5 Å². The highest BCUT2D eigenvalue weighted by atomic mass is 79.9. The van der Waals surface area contributed by atoms with Gasteiger partial charge in [-0.05, 0) is 43.5 Å². The molecule has 1 unspecified atom stereocenters. The molecule has 0 radical (unpaired) electrons. The van der Waals surface area contributed by atoms with Crippen molar-refractivity contribution in [3.8, 4) is 0 Å². The van der Waals surface area contributed by atoms with E-state index < -0.39 is 10.0 Å². The first-order valence-electron chi connectivity index (χ1n) is 7.19. The molecule has 1 N–H and O–H groups in total. The second kappa shape index (κ2) is 8.15. The summed E-state index contributed by atoms with van der Waals surface area (Å²) in [5.41, 5.74) is 0.925. The summed E-state index contributed by atoms with van der Waals surface area (Å²) in [5.74, 6) is 0. The fourth-order valence-corrected chi connectivity index (χ4v) is 3.77. The first kappa shape index (κ1) is 17.7. The minimum atomic E-state index is -3.42. The molecule has 3 nitrogen and oxygen atoms in total. The van der Waals surface area contributed by atoms with Gasteiger partial charge < -0.3 is 0 Å². The van der Waals surface area contributed by atoms with E-state index >= 15 is 0 Å². The van der Waals surface area contributed by atoms with E-state index in [-0.39, 0.29) is 6.04 Å². The van der Waals surface area contributed by atoms with Crippen LogP contribution in [0.3, 0.4) is 0 Å². The van der Waals surface area contributed by atoms with Crippen LogP contribution in [0.25, 0.3) is 0 Å². The number of sulfonamides is 1. The Balaban J connectivity index is 2.87. The average Bonchev–Trinajstić information content (AvgIpc) is 2.39. The van der Waals surface area contributed by atoms with Gasteiger partial charge in [0.2, 0.25) is 10.0 Å². The number of unbranched alkanes of at least 4 members (excludes halogenated alkanes) is 1. The van der Waals surface area contributed by atoms with E-state index in [4.69, 9.17) is 0 Å². The molecule has 1 aromatic carbocycles. The van der Waals surface area contributed by atoms with Crippen LogP contribution in [0, 0.1) is 6.92 Å². The summed E-state index contributed by atoms with van der Waals surface area (Å²) in [6.07, 6.45) is 4.90. The van der Waals surface area contributed by atoms with Gasteiger partial charge in [-0.25, -0.2) is 13.1 Å². The van der Waals surface area contributed by atoms with Crippen LogP contribution in [0.15, 0.2) is 27.6 Å². The van der Waals surface area contributed by atoms with Crippen molar-refractivity contribution in [2.75, 3.05) is 0 Å². The Labute approximate surface area is 131 Å². The Morgan fingerprint density at radius 1 is 1.20 bits per heavy atom. The van der Waals surface area contributed by atoms with Gasteiger partial charge >= 0.3 is 0 Å². The molecule has 0 aliphatic rings. The van der Waals surface area contributed by atoms with E-state index in [0.29, 0.717) is 4.90 Å². The first-order chi connectivity index (χ1) is 9.40. The zero-order valence-electron chi connectivity index (χ0n) is 12.4. The summed E-state index contributed by atoms with van der Waals surface area (Å²) in [5, 5.41) is 0. The molecule has 1 rings (SSSR count). The number of aryl methyl sites for hydroxylation is 1. The van der Waals surface area contributed by atoms with Crippen molar-refractivity contribution in [1.82, 2.24) is 4.72 Å². The highest BCUT2D eigenvalue weighted by Crippen LogP contribution is 2.21. The van der Waals surface area contributed by atoms with E-state index in [2.05, 4.69) is 34.5 Å². The van der Waals surface area contributed by atoms with Crippen LogP contribution < -0.4 is 4.72 Å². The molecule has 0 aromatic heterocycles. The van der Waals surface area contributed by atoms with Crippen molar-refractivity contribution in [2.45, 2.75) is 63.8 Å². The molecule has 0 saturated heterocycles. The van der Waals surface area contributed by atoms with Gasteiger partial charge in [-0.2, -0.15) is 0 Å². The van der Waals surface area contributed by atoms with Gasteiger partial charge in [-0.15, -0.1) is 0 Å². The van der Waals surface area contributed by atoms with Gasteiger partial charge in [0.15, 0.2) is 0 Å². The van der Waals surface area contributed by atoms with Gasteiger partial charge in [-0.1, -0.05) is 49.0 Å². The number of benzene rings is 1. The molecule has 0 amide bonds. The van der Waals surface area contributed by atoms with Crippen LogP contribution in [0.5, 0.6) is 0 Å². The number of hydrogen-bond acceptors (Lipinski definition) is 2. The smallest absolute Gasteiger partial charge is 0.208 e. The molecular formula is C15H24BrNO2S. The minimum Gasteiger partial charge on any atom is -0.208 e. The lowest BCUT2D eigenvalue weighted by Crippen LogP contribution is -2.34. The second-order valence-corrected chi connectivity index (χ2v) is 7.73. The molecule has 0 aliphatic carbocycles. The summed E-state index contributed by atoms with van der Waals surface area (Å²) in [6.45, 7) is 6.09. The summed E-state index contributed by atoms with van der Waals surface area (Å²) in [7, 11) is -3.42. The molecule has 114 valence electrons. The lowest BCUT2D eigenvalue weighted by Gasteiger charge is -2.18. The number of hydrogen-bond donors (Lipinski definition) is 1. The maximum Gasteiger partial charge on any atom is 0.240 e. The van der Waals surface area contributed by atoms with Gasteiger partial charge in [0.25, 0.3) is 0 Å². The van der Waals surface area contributed by atoms with Crippen molar-refractivity contribution >= 4 is 26.0 Å². The van der Waals surface area contributed by atoms with E-state index in [1.54, 1.807) is 18.2 Å². The summed E-state index contributed by atoms with van der Waals surface area (Å²) < 4.78 is 28.6. The zero-order valence-corrected chi connectivity index (χ0v) is 14.9. The van der Waals surface area contributed by atoms with E-state index in [1.165, 1.54) is 0 Å². The maximum absolute atomic E-state index is 12.4. The van der Waals surface area contributed by atoms with Crippen LogP contribution in [-0.4, -0.2) is 14.5 Å². The average molecular weight is 362 g/mol. The molecule has 0 spiro atoms. The molecule has 0 heterocycles. The third-order valence-electron chi connectivity index (χ3n) is 3.30. The summed E-state index contributed by atoms with van der Waals surface area (Å²) in [4.78, 5) is 0.343. The molecule has 1 aromatic rings. The largest absolute Gasteiger partial charge is 0.240 e. The van der Waals surface area contributed by atoms with Crippen LogP contribution in [0.4, 0.5) is 0 Å². The minimum absolute atomic E-state index is 0.0360. The van der Waals surface area contributed by atoms with Gasteiger partial charge in [-0.3, -0.25) is 0 Å². The summed E-state index contributed by atoms with van der Waals surface area (Å²) in [6, 6.07) is 5.16. The zero-order chi connectivity index (χ0) is 15.2. The van der Waals surface area contributed by atoms with Gasteiger partial charge in [0.1, 0.15) is 0 Å². The predicted molar refractivity (Wildman–Crippen MR) is 87.4 cm³/mol. The fourth-order valence-electron chi connectivity index (χ4n) is 2.13. The van der Waals surface area contributed by atoms with Crippen LogP contribution >= 0.6 is 15.9 Å². The topological polar surface area (TPSA) is 46.2 Å². The van der Waals surface area contributed by atoms with E-state index in [9.17, 15) is 8.42 Å². The monoisotopic (exact) mass is 361 g/mol. The van der Waals surface area contributed by atoms with E-state index in [0.717, 1.165) is 42.1 Å². The van der Waals surface area contributed by atoms with Crippen LogP contribution in [-0.2, 0) is 10.0 Å². The van der Waals surface area contributed by atoms with Crippen molar-refractivity contribution in [2.24, 2.45) is 0 Å². The molecular weight excluding hydrogens is 338 g/mol. The highest BCUT2D eigenvalue weighted by molar-refractivity contribution is 9.10. The predicted octanol–water partition coefficient (Wildman–Crippen LogP) is 4.39. The van der Waals surface area contributed by atoms with Crippen molar-refractivity contribution in [1.29, 1.82) is 0 Å². The van der Waals surface area contributed by atoms with E-state index in [1.807, 2.05) is 6.92 Å². The number of nitrogens with one attached hydrogen (secondary N) is 1. The van der Waals surface area contributed by atoms with Crippen LogP contribution in [0.2, 0.25) is 0 Å². The number of rotatable bonds is 8. The quantitative estimate of drug-likeness (QED) is 0.745. The summed E-state index contributed by atoms with van der Waals surface area (Å²) >= 11 is 3.39. The standard InChI is InChI=1S/C15H24BrNO2S/c1-4-6-8-13(7-5-2)17-20(18,19)14-9-10-15(16)12(3)11-14/h9-11,13,17H,4-8H2,1-3H3. The second-order valence-electron chi connectivity index (χ2n) is 5.16. The molecule has 0 bridgehead atoms. The van der Waals surface area contributed by atoms with Crippen molar-refractivity contribution in [3.63, 3.8) is 0 Å². The highest BCUT2D eigenvalue weighted by Gasteiger charge is 2.19. The Hall–Kier alpha value is -0.390. The van der Waals surface area contributed by atoms with Crippen molar-refractivity contribution < 1.29 is 8.42 Å². The fraction of sp³-hybridized carbons (Fsp3) is 0.600. The Bertz CT molecular complexity index is 529. The number of halogens is 1. The molecule has 0 fully saturated rings. The molecule has 1 atom stereocenters. The Morgan fingerprint density at radius 2 is 1.90 bits per heavy atom. The van der Waals surface area contributed by atoms with Gasteiger partial charge in [0.05, 0.1) is 4.90 Å². The lowest BCUT2D eigenvalue weighted by molar-refractivity contribution is 0.483. The van der Waals surface area contributed by atoms with Crippen molar-refractivity contribution in [3.05, 3.63) is 28.2 Å². The molecule has 0 saturated carbocycles. The first-order valence-corrected chi connectivity index (χ1v) is 9.46.